The molecule has 1 aromatic rings. The van der Waals surface area contributed by atoms with Crippen LogP contribution in [-0.4, -0.2) is 12.1 Å². The molecule has 0 amide bonds. The highest BCUT2D eigenvalue weighted by atomic mass is 19.1. The van der Waals surface area contributed by atoms with Crippen LogP contribution in [0.25, 0.3) is 0 Å². The van der Waals surface area contributed by atoms with E-state index in [0.717, 1.165) is 19.3 Å². The average Bonchev–Trinajstić information content (AvgIpc) is 2.31. The maximum absolute atomic E-state index is 13.9. The van der Waals surface area contributed by atoms with Gasteiger partial charge in [-0.05, 0) is 43.2 Å². The van der Waals surface area contributed by atoms with E-state index in [1.807, 2.05) is 6.07 Å². The predicted octanol–water partition coefficient (Wildman–Crippen LogP) is 3.42. The molecule has 1 aromatic carbocycles. The Morgan fingerprint density at radius 3 is 2.83 bits per heavy atom. The van der Waals surface area contributed by atoms with Gasteiger partial charge in [0.2, 0.25) is 0 Å². The smallest absolute Gasteiger partial charge is 0.167 e. The number of aryl methyl sites for hydroxylation is 1. The molecule has 0 spiro atoms. The molecule has 1 saturated carbocycles. The summed E-state index contributed by atoms with van der Waals surface area (Å²) in [6, 6.07) is 5.18. The Kier molecular flexibility index (Phi) is 3.62. The third kappa shape index (κ3) is 2.51. The quantitative estimate of drug-likeness (QED) is 0.874. The SMILES string of the molecule is Cc1cccc(OC2CCCC(C)(C)C2N)c1F. The van der Waals surface area contributed by atoms with Crippen LogP contribution in [0.1, 0.15) is 38.7 Å². The zero-order valence-corrected chi connectivity index (χ0v) is 11.4. The highest BCUT2D eigenvalue weighted by Crippen LogP contribution is 2.36. The van der Waals surface area contributed by atoms with E-state index >= 15 is 0 Å². The van der Waals surface area contributed by atoms with E-state index in [4.69, 9.17) is 10.5 Å². The van der Waals surface area contributed by atoms with E-state index in [0.29, 0.717) is 11.3 Å². The van der Waals surface area contributed by atoms with Crippen molar-refractivity contribution in [1.82, 2.24) is 0 Å². The van der Waals surface area contributed by atoms with Crippen molar-refractivity contribution in [1.29, 1.82) is 0 Å². The molecule has 1 fully saturated rings. The van der Waals surface area contributed by atoms with Crippen LogP contribution in [0.3, 0.4) is 0 Å². The predicted molar refractivity (Wildman–Crippen MR) is 71.2 cm³/mol. The maximum Gasteiger partial charge on any atom is 0.167 e. The molecule has 2 rings (SSSR count). The van der Waals surface area contributed by atoms with Crippen LogP contribution >= 0.6 is 0 Å². The number of halogens is 1. The summed E-state index contributed by atoms with van der Waals surface area (Å²) in [5.41, 5.74) is 6.91. The van der Waals surface area contributed by atoms with Gasteiger partial charge >= 0.3 is 0 Å². The lowest BCUT2D eigenvalue weighted by Gasteiger charge is -2.41. The Morgan fingerprint density at radius 2 is 2.11 bits per heavy atom. The molecule has 0 saturated heterocycles. The zero-order chi connectivity index (χ0) is 13.3. The van der Waals surface area contributed by atoms with E-state index < -0.39 is 0 Å². The summed E-state index contributed by atoms with van der Waals surface area (Å²) in [5, 5.41) is 0. The standard InChI is InChI=1S/C15H22FNO/c1-10-6-4-7-11(13(10)16)18-12-8-5-9-15(2,3)14(12)17/h4,6-7,12,14H,5,8-9,17H2,1-3H3. The fourth-order valence-corrected chi connectivity index (χ4v) is 2.62. The second-order valence-corrected chi connectivity index (χ2v) is 5.95. The van der Waals surface area contributed by atoms with E-state index in [1.54, 1.807) is 19.1 Å². The summed E-state index contributed by atoms with van der Waals surface area (Å²) >= 11 is 0. The monoisotopic (exact) mass is 251 g/mol. The molecular formula is C15H22FNO. The van der Waals surface area contributed by atoms with Crippen LogP contribution < -0.4 is 10.5 Å². The van der Waals surface area contributed by atoms with Crippen LogP contribution in [0.5, 0.6) is 5.75 Å². The van der Waals surface area contributed by atoms with Crippen molar-refractivity contribution >= 4 is 0 Å². The van der Waals surface area contributed by atoms with Gasteiger partial charge in [0.1, 0.15) is 6.10 Å². The topological polar surface area (TPSA) is 35.2 Å². The summed E-state index contributed by atoms with van der Waals surface area (Å²) < 4.78 is 19.7. The fraction of sp³-hybridized carbons (Fsp3) is 0.600. The maximum atomic E-state index is 13.9. The van der Waals surface area contributed by atoms with Crippen molar-refractivity contribution in [3.05, 3.63) is 29.6 Å². The molecule has 100 valence electrons. The van der Waals surface area contributed by atoms with Gasteiger partial charge in [-0.3, -0.25) is 0 Å². The molecule has 2 nitrogen and oxygen atoms in total. The van der Waals surface area contributed by atoms with Crippen molar-refractivity contribution in [2.24, 2.45) is 11.1 Å². The normalized spacial score (nSPS) is 26.9. The van der Waals surface area contributed by atoms with Gasteiger partial charge in [0.15, 0.2) is 11.6 Å². The van der Waals surface area contributed by atoms with E-state index in [2.05, 4.69) is 13.8 Å². The zero-order valence-electron chi connectivity index (χ0n) is 11.4. The molecule has 0 aliphatic heterocycles. The molecule has 18 heavy (non-hydrogen) atoms. The lowest BCUT2D eigenvalue weighted by molar-refractivity contribution is 0.0539. The van der Waals surface area contributed by atoms with Gasteiger partial charge in [-0.1, -0.05) is 26.0 Å². The number of benzene rings is 1. The Balaban J connectivity index is 2.16. The van der Waals surface area contributed by atoms with Gasteiger partial charge < -0.3 is 10.5 Å². The molecule has 0 aromatic heterocycles. The third-order valence-corrected chi connectivity index (χ3v) is 4.05. The van der Waals surface area contributed by atoms with Gasteiger partial charge in [-0.25, -0.2) is 4.39 Å². The highest BCUT2D eigenvalue weighted by Gasteiger charge is 2.38. The summed E-state index contributed by atoms with van der Waals surface area (Å²) in [6.07, 6.45) is 2.99. The summed E-state index contributed by atoms with van der Waals surface area (Å²) in [7, 11) is 0. The molecule has 2 N–H and O–H groups in total. The summed E-state index contributed by atoms with van der Waals surface area (Å²) in [5.74, 6) is 0.0567. The molecule has 0 radical (unpaired) electrons. The van der Waals surface area contributed by atoms with Crippen LogP contribution in [0, 0.1) is 18.2 Å². The first-order valence-corrected chi connectivity index (χ1v) is 6.59. The first-order chi connectivity index (χ1) is 8.42. The number of ether oxygens (including phenoxy) is 1. The van der Waals surface area contributed by atoms with Crippen LogP contribution in [0.4, 0.5) is 4.39 Å². The largest absolute Gasteiger partial charge is 0.486 e. The van der Waals surface area contributed by atoms with E-state index in [9.17, 15) is 4.39 Å². The number of hydrogen-bond acceptors (Lipinski definition) is 2. The van der Waals surface area contributed by atoms with Crippen LogP contribution in [0.2, 0.25) is 0 Å². The molecule has 0 heterocycles. The third-order valence-electron chi connectivity index (χ3n) is 4.05. The van der Waals surface area contributed by atoms with E-state index in [-0.39, 0.29) is 23.4 Å². The Hall–Kier alpha value is -1.09. The molecular weight excluding hydrogens is 229 g/mol. The van der Waals surface area contributed by atoms with Gasteiger partial charge in [0, 0.05) is 6.04 Å². The first kappa shape index (κ1) is 13.3. The summed E-state index contributed by atoms with van der Waals surface area (Å²) in [4.78, 5) is 0. The Bertz CT molecular complexity index is 431. The van der Waals surface area contributed by atoms with Crippen molar-refractivity contribution < 1.29 is 9.13 Å². The molecule has 1 aliphatic rings. The van der Waals surface area contributed by atoms with Crippen LogP contribution in [0.15, 0.2) is 18.2 Å². The molecule has 1 aliphatic carbocycles. The molecule has 0 bridgehead atoms. The number of hydrogen-bond donors (Lipinski definition) is 1. The minimum Gasteiger partial charge on any atom is -0.486 e. The van der Waals surface area contributed by atoms with Crippen molar-refractivity contribution in [2.75, 3.05) is 0 Å². The van der Waals surface area contributed by atoms with Gasteiger partial charge in [0.25, 0.3) is 0 Å². The second kappa shape index (κ2) is 4.88. The molecule has 3 heteroatoms. The Morgan fingerprint density at radius 1 is 1.39 bits per heavy atom. The first-order valence-electron chi connectivity index (χ1n) is 6.59. The van der Waals surface area contributed by atoms with Gasteiger partial charge in [0.05, 0.1) is 0 Å². The summed E-state index contributed by atoms with van der Waals surface area (Å²) in [6.45, 7) is 6.05. The number of nitrogens with two attached hydrogens (primary N) is 1. The fourth-order valence-electron chi connectivity index (χ4n) is 2.62. The van der Waals surface area contributed by atoms with Gasteiger partial charge in [-0.15, -0.1) is 0 Å². The molecule has 2 unspecified atom stereocenters. The lowest BCUT2D eigenvalue weighted by Crippen LogP contribution is -2.52. The lowest BCUT2D eigenvalue weighted by atomic mass is 9.72. The van der Waals surface area contributed by atoms with E-state index in [1.165, 1.54) is 0 Å². The minimum atomic E-state index is -0.270. The van der Waals surface area contributed by atoms with Crippen LogP contribution in [-0.2, 0) is 0 Å². The molecule has 2 atom stereocenters. The highest BCUT2D eigenvalue weighted by molar-refractivity contribution is 5.30. The van der Waals surface area contributed by atoms with Crippen molar-refractivity contribution in [3.63, 3.8) is 0 Å². The second-order valence-electron chi connectivity index (χ2n) is 5.95. The number of rotatable bonds is 2. The Labute approximate surface area is 108 Å². The minimum absolute atomic E-state index is 0.0498. The van der Waals surface area contributed by atoms with Gasteiger partial charge in [-0.2, -0.15) is 0 Å². The van der Waals surface area contributed by atoms with Crippen molar-refractivity contribution in [2.45, 2.75) is 52.2 Å². The van der Waals surface area contributed by atoms with Crippen molar-refractivity contribution in [3.8, 4) is 5.75 Å². The average molecular weight is 251 g/mol.